The average molecular weight is 295 g/mol. The maximum atomic E-state index is 12.6. The molecule has 0 radical (unpaired) electrons. The molecule has 0 aromatic carbocycles. The summed E-state index contributed by atoms with van der Waals surface area (Å²) in [4.78, 5) is 25.5. The van der Waals surface area contributed by atoms with E-state index in [1.54, 1.807) is 0 Å². The SMILES string of the molecule is CC(C)(C)C1CCC(C(=O)N2CCC[C@H](C(=O)O)C2)CC1. The normalized spacial score (nSPS) is 31.0. The molecule has 0 spiro atoms. The lowest BCUT2D eigenvalue weighted by Crippen LogP contribution is -2.45. The molecule has 120 valence electrons. The first-order chi connectivity index (χ1) is 9.79. The second-order valence-electron chi connectivity index (χ2n) is 7.88. The van der Waals surface area contributed by atoms with Gasteiger partial charge in [0.25, 0.3) is 0 Å². The molecule has 0 unspecified atom stereocenters. The van der Waals surface area contributed by atoms with Gasteiger partial charge in [-0.05, 0) is 49.9 Å². The number of rotatable bonds is 2. The van der Waals surface area contributed by atoms with Crippen molar-refractivity contribution < 1.29 is 14.7 Å². The smallest absolute Gasteiger partial charge is 0.308 e. The van der Waals surface area contributed by atoms with Gasteiger partial charge in [0, 0.05) is 19.0 Å². The Balaban J connectivity index is 1.88. The van der Waals surface area contributed by atoms with Crippen LogP contribution in [-0.4, -0.2) is 35.0 Å². The van der Waals surface area contributed by atoms with Crippen LogP contribution in [0.1, 0.15) is 59.3 Å². The number of hydrogen-bond donors (Lipinski definition) is 1. The molecule has 1 atom stereocenters. The number of nitrogens with zero attached hydrogens (tertiary/aromatic N) is 1. The third kappa shape index (κ3) is 3.98. The molecule has 4 nitrogen and oxygen atoms in total. The summed E-state index contributed by atoms with van der Waals surface area (Å²) < 4.78 is 0. The lowest BCUT2D eigenvalue weighted by molar-refractivity contribution is -0.147. The van der Waals surface area contributed by atoms with E-state index in [4.69, 9.17) is 5.11 Å². The Kier molecular flexibility index (Phi) is 4.95. The van der Waals surface area contributed by atoms with E-state index in [1.807, 2.05) is 4.90 Å². The van der Waals surface area contributed by atoms with Gasteiger partial charge < -0.3 is 10.0 Å². The number of piperidine rings is 1. The fraction of sp³-hybridized carbons (Fsp3) is 0.882. The molecular weight excluding hydrogens is 266 g/mol. The maximum absolute atomic E-state index is 12.6. The number of hydrogen-bond acceptors (Lipinski definition) is 2. The highest BCUT2D eigenvalue weighted by Crippen LogP contribution is 2.40. The molecule has 4 heteroatoms. The van der Waals surface area contributed by atoms with E-state index < -0.39 is 5.97 Å². The Hall–Kier alpha value is -1.06. The maximum Gasteiger partial charge on any atom is 0.308 e. The van der Waals surface area contributed by atoms with Crippen molar-refractivity contribution in [1.82, 2.24) is 4.90 Å². The Morgan fingerprint density at radius 2 is 1.62 bits per heavy atom. The molecule has 1 aliphatic carbocycles. The molecule has 0 bridgehead atoms. The van der Waals surface area contributed by atoms with Gasteiger partial charge >= 0.3 is 5.97 Å². The number of carbonyl (C=O) groups is 2. The molecule has 1 amide bonds. The highest BCUT2D eigenvalue weighted by Gasteiger charge is 2.36. The zero-order valence-corrected chi connectivity index (χ0v) is 13.6. The number of likely N-dealkylation sites (tertiary alicyclic amines) is 1. The van der Waals surface area contributed by atoms with Crippen LogP contribution in [0.2, 0.25) is 0 Å². The van der Waals surface area contributed by atoms with Crippen LogP contribution < -0.4 is 0 Å². The molecule has 21 heavy (non-hydrogen) atoms. The summed E-state index contributed by atoms with van der Waals surface area (Å²) in [7, 11) is 0. The third-order valence-corrected chi connectivity index (χ3v) is 5.38. The van der Waals surface area contributed by atoms with Crippen LogP contribution in [0.4, 0.5) is 0 Å². The van der Waals surface area contributed by atoms with Gasteiger partial charge in [-0.15, -0.1) is 0 Å². The molecule has 2 fully saturated rings. The summed E-state index contributed by atoms with van der Waals surface area (Å²) in [6.45, 7) is 7.99. The zero-order valence-electron chi connectivity index (χ0n) is 13.6. The first kappa shape index (κ1) is 16.3. The summed E-state index contributed by atoms with van der Waals surface area (Å²) in [5, 5.41) is 9.13. The topological polar surface area (TPSA) is 57.6 Å². The van der Waals surface area contributed by atoms with Gasteiger partial charge in [0.15, 0.2) is 0 Å². The number of aliphatic carboxylic acids is 1. The zero-order chi connectivity index (χ0) is 15.6. The highest BCUT2D eigenvalue weighted by atomic mass is 16.4. The molecule has 0 aromatic heterocycles. The molecule has 1 saturated carbocycles. The largest absolute Gasteiger partial charge is 0.481 e. The van der Waals surface area contributed by atoms with Gasteiger partial charge in [0.1, 0.15) is 0 Å². The molecule has 2 aliphatic rings. The number of amides is 1. The minimum Gasteiger partial charge on any atom is -0.481 e. The fourth-order valence-electron chi connectivity index (χ4n) is 3.84. The highest BCUT2D eigenvalue weighted by molar-refractivity contribution is 5.80. The third-order valence-electron chi connectivity index (χ3n) is 5.38. The summed E-state index contributed by atoms with van der Waals surface area (Å²) in [5.74, 6) is -0.100. The number of carboxylic acids is 1. The quantitative estimate of drug-likeness (QED) is 0.851. The number of carbonyl (C=O) groups excluding carboxylic acids is 1. The molecular formula is C17H29NO3. The Bertz CT molecular complexity index is 391. The van der Waals surface area contributed by atoms with Gasteiger partial charge in [0.05, 0.1) is 5.92 Å². The number of carboxylic acid groups (broad SMARTS) is 1. The van der Waals surface area contributed by atoms with Crippen LogP contribution >= 0.6 is 0 Å². The molecule has 1 saturated heterocycles. The Morgan fingerprint density at radius 3 is 2.14 bits per heavy atom. The molecule has 1 aliphatic heterocycles. The summed E-state index contributed by atoms with van der Waals surface area (Å²) >= 11 is 0. The van der Waals surface area contributed by atoms with E-state index >= 15 is 0 Å². The van der Waals surface area contributed by atoms with Gasteiger partial charge in [0.2, 0.25) is 5.91 Å². The fourth-order valence-corrected chi connectivity index (χ4v) is 3.84. The molecule has 2 rings (SSSR count). The van der Waals surface area contributed by atoms with Gasteiger partial charge in [-0.2, -0.15) is 0 Å². The van der Waals surface area contributed by atoms with Crippen LogP contribution in [0, 0.1) is 23.2 Å². The predicted octanol–water partition coefficient (Wildman–Crippen LogP) is 3.16. The van der Waals surface area contributed by atoms with E-state index in [9.17, 15) is 9.59 Å². The lowest BCUT2D eigenvalue weighted by atomic mass is 9.69. The van der Waals surface area contributed by atoms with E-state index in [1.165, 1.54) is 0 Å². The van der Waals surface area contributed by atoms with Crippen molar-refractivity contribution in [1.29, 1.82) is 0 Å². The van der Waals surface area contributed by atoms with Crippen LogP contribution in [0.3, 0.4) is 0 Å². The van der Waals surface area contributed by atoms with Crippen molar-refractivity contribution >= 4 is 11.9 Å². The van der Waals surface area contributed by atoms with Gasteiger partial charge in [-0.1, -0.05) is 20.8 Å². The monoisotopic (exact) mass is 295 g/mol. The van der Waals surface area contributed by atoms with Crippen molar-refractivity contribution in [3.05, 3.63) is 0 Å². The predicted molar refractivity (Wildman–Crippen MR) is 81.8 cm³/mol. The molecule has 1 heterocycles. The van der Waals surface area contributed by atoms with E-state index in [-0.39, 0.29) is 17.7 Å². The van der Waals surface area contributed by atoms with Crippen LogP contribution in [0.15, 0.2) is 0 Å². The summed E-state index contributed by atoms with van der Waals surface area (Å²) in [6.07, 6.45) is 5.70. The standard InChI is InChI=1S/C17H29NO3/c1-17(2,3)14-8-6-12(7-9-14)15(19)18-10-4-5-13(11-18)16(20)21/h12-14H,4-11H2,1-3H3,(H,20,21)/t12?,13-,14?/m0/s1. The molecule has 0 aromatic rings. The van der Waals surface area contributed by atoms with E-state index in [0.717, 1.165) is 38.6 Å². The van der Waals surface area contributed by atoms with Crippen molar-refractivity contribution in [2.75, 3.05) is 13.1 Å². The minimum absolute atomic E-state index is 0.121. The first-order valence-corrected chi connectivity index (χ1v) is 8.30. The van der Waals surface area contributed by atoms with Crippen molar-refractivity contribution in [2.24, 2.45) is 23.2 Å². The lowest BCUT2D eigenvalue weighted by Gasteiger charge is -2.39. The van der Waals surface area contributed by atoms with E-state index in [0.29, 0.717) is 24.3 Å². The molecule has 1 N–H and O–H groups in total. The van der Waals surface area contributed by atoms with Crippen LogP contribution in [0.5, 0.6) is 0 Å². The first-order valence-electron chi connectivity index (χ1n) is 8.30. The second kappa shape index (κ2) is 6.37. The van der Waals surface area contributed by atoms with Crippen LogP contribution in [0.25, 0.3) is 0 Å². The summed E-state index contributed by atoms with van der Waals surface area (Å²) in [6, 6.07) is 0. The average Bonchev–Trinajstić information content (AvgIpc) is 2.46. The van der Waals surface area contributed by atoms with Crippen molar-refractivity contribution in [2.45, 2.75) is 59.3 Å². The van der Waals surface area contributed by atoms with Crippen LogP contribution in [-0.2, 0) is 9.59 Å². The Labute approximate surface area is 127 Å². The van der Waals surface area contributed by atoms with Gasteiger partial charge in [-0.3, -0.25) is 9.59 Å². The van der Waals surface area contributed by atoms with Gasteiger partial charge in [-0.25, -0.2) is 0 Å². The minimum atomic E-state index is -0.760. The summed E-state index contributed by atoms with van der Waals surface area (Å²) in [5.41, 5.74) is 0.327. The van der Waals surface area contributed by atoms with Crippen molar-refractivity contribution in [3.63, 3.8) is 0 Å². The Morgan fingerprint density at radius 1 is 1.00 bits per heavy atom. The van der Waals surface area contributed by atoms with E-state index in [2.05, 4.69) is 20.8 Å². The van der Waals surface area contributed by atoms with Crippen molar-refractivity contribution in [3.8, 4) is 0 Å². The second-order valence-corrected chi connectivity index (χ2v) is 7.88.